The first kappa shape index (κ1) is 17.5. The summed E-state index contributed by atoms with van der Waals surface area (Å²) in [7, 11) is 0. The lowest BCUT2D eigenvalue weighted by molar-refractivity contribution is 0.0942. The smallest absolute Gasteiger partial charge is 0.254 e. The molecule has 5 nitrogen and oxygen atoms in total. The van der Waals surface area contributed by atoms with Crippen LogP contribution in [0.4, 0.5) is 0 Å². The molecule has 0 aliphatic heterocycles. The van der Waals surface area contributed by atoms with E-state index in [0.29, 0.717) is 18.0 Å². The minimum Gasteiger partial charge on any atom is -0.352 e. The molecular weight excluding hydrogens is 312 g/mol. The van der Waals surface area contributed by atoms with Crippen molar-refractivity contribution >= 4 is 18.3 Å². The first-order valence-electron chi connectivity index (χ1n) is 7.86. The molecule has 23 heavy (non-hydrogen) atoms. The first-order valence-corrected chi connectivity index (χ1v) is 7.86. The summed E-state index contributed by atoms with van der Waals surface area (Å²) >= 11 is 0. The number of hydrogen-bond acceptors (Lipinski definition) is 3. The number of rotatable bonds is 4. The van der Waals surface area contributed by atoms with Gasteiger partial charge < -0.3 is 11.1 Å². The highest BCUT2D eigenvalue weighted by Gasteiger charge is 2.20. The number of amides is 1. The number of hydrogen-bond donors (Lipinski definition) is 2. The van der Waals surface area contributed by atoms with Crippen molar-refractivity contribution < 1.29 is 4.79 Å². The number of nitrogens with one attached hydrogen (secondary N) is 1. The van der Waals surface area contributed by atoms with Crippen molar-refractivity contribution in [2.24, 2.45) is 11.7 Å². The normalized spacial score (nSPS) is 20.6. The molecule has 0 spiro atoms. The summed E-state index contributed by atoms with van der Waals surface area (Å²) in [5, 5.41) is 7.26. The van der Waals surface area contributed by atoms with Gasteiger partial charge in [-0.1, -0.05) is 24.6 Å². The van der Waals surface area contributed by atoms with Crippen LogP contribution in [0.5, 0.6) is 0 Å². The Bertz CT molecular complexity index is 629. The van der Waals surface area contributed by atoms with E-state index in [1.54, 1.807) is 17.1 Å². The van der Waals surface area contributed by atoms with Gasteiger partial charge in [0.2, 0.25) is 0 Å². The lowest BCUT2D eigenvalue weighted by atomic mass is 9.86. The van der Waals surface area contributed by atoms with Gasteiger partial charge in [-0.3, -0.25) is 4.79 Å². The minimum atomic E-state index is -0.0682. The Hall–Kier alpha value is -1.85. The Kier molecular flexibility index (Phi) is 6.19. The number of aromatic nitrogens is 2. The first-order chi connectivity index (χ1) is 10.7. The molecule has 1 aliphatic rings. The number of benzene rings is 1. The number of carbonyl (C=O) groups excluding carboxylic acids is 1. The summed E-state index contributed by atoms with van der Waals surface area (Å²) in [5.41, 5.74) is 7.52. The van der Waals surface area contributed by atoms with Crippen LogP contribution in [0, 0.1) is 5.92 Å². The number of nitrogens with zero attached hydrogens (tertiary/aromatic N) is 2. The van der Waals surface area contributed by atoms with Crippen LogP contribution in [-0.4, -0.2) is 28.3 Å². The van der Waals surface area contributed by atoms with Gasteiger partial charge in [0, 0.05) is 18.8 Å². The van der Waals surface area contributed by atoms with Crippen molar-refractivity contribution in [3.63, 3.8) is 0 Å². The van der Waals surface area contributed by atoms with E-state index in [4.69, 9.17) is 5.73 Å². The minimum absolute atomic E-state index is 0. The molecule has 0 radical (unpaired) electrons. The second-order valence-corrected chi connectivity index (χ2v) is 6.01. The van der Waals surface area contributed by atoms with Crippen molar-refractivity contribution in [1.82, 2.24) is 15.1 Å². The van der Waals surface area contributed by atoms with Crippen molar-refractivity contribution in [2.75, 3.05) is 6.54 Å². The monoisotopic (exact) mass is 334 g/mol. The maximum atomic E-state index is 12.2. The maximum Gasteiger partial charge on any atom is 0.254 e. The van der Waals surface area contributed by atoms with Gasteiger partial charge in [0.25, 0.3) is 5.91 Å². The quantitative estimate of drug-likeness (QED) is 0.902. The summed E-state index contributed by atoms with van der Waals surface area (Å²) in [6.07, 6.45) is 7.79. The number of nitrogens with two attached hydrogens (primary N) is 1. The van der Waals surface area contributed by atoms with Gasteiger partial charge >= 0.3 is 0 Å². The molecule has 3 N–H and O–H groups in total. The van der Waals surface area contributed by atoms with Gasteiger partial charge in [-0.05, 0) is 37.3 Å². The third kappa shape index (κ3) is 4.56. The Morgan fingerprint density at radius 3 is 2.83 bits per heavy atom. The fraction of sp³-hybridized carbons (Fsp3) is 0.412. The molecule has 1 fully saturated rings. The molecule has 0 bridgehead atoms. The van der Waals surface area contributed by atoms with E-state index in [1.165, 1.54) is 0 Å². The summed E-state index contributed by atoms with van der Waals surface area (Å²) in [6, 6.07) is 10.1. The number of carbonyl (C=O) groups is 1. The molecule has 1 amide bonds. The third-order valence-corrected chi connectivity index (χ3v) is 4.24. The average Bonchev–Trinajstić information content (AvgIpc) is 3.04. The van der Waals surface area contributed by atoms with Crippen LogP contribution in [-0.2, 0) is 0 Å². The average molecular weight is 335 g/mol. The van der Waals surface area contributed by atoms with Crippen molar-refractivity contribution in [3.05, 3.63) is 48.3 Å². The second-order valence-electron chi connectivity index (χ2n) is 6.01. The van der Waals surface area contributed by atoms with Gasteiger partial charge in [0.05, 0.1) is 17.4 Å². The van der Waals surface area contributed by atoms with Crippen LogP contribution in [0.2, 0.25) is 0 Å². The molecule has 6 heteroatoms. The zero-order valence-corrected chi connectivity index (χ0v) is 13.8. The van der Waals surface area contributed by atoms with E-state index in [-0.39, 0.29) is 24.4 Å². The Morgan fingerprint density at radius 2 is 2.09 bits per heavy atom. The highest BCUT2D eigenvalue weighted by molar-refractivity contribution is 5.93. The number of para-hydroxylation sites is 1. The van der Waals surface area contributed by atoms with Crippen molar-refractivity contribution in [2.45, 2.75) is 31.7 Å². The Balaban J connectivity index is 0.00000192. The fourth-order valence-corrected chi connectivity index (χ4v) is 3.02. The van der Waals surface area contributed by atoms with Crippen LogP contribution >= 0.6 is 12.4 Å². The van der Waals surface area contributed by atoms with E-state index in [1.807, 2.05) is 30.3 Å². The van der Waals surface area contributed by atoms with Crippen LogP contribution in [0.25, 0.3) is 5.69 Å². The molecule has 2 unspecified atom stereocenters. The number of halogens is 1. The lowest BCUT2D eigenvalue weighted by Gasteiger charge is -2.26. The van der Waals surface area contributed by atoms with E-state index < -0.39 is 0 Å². The van der Waals surface area contributed by atoms with E-state index in [2.05, 4.69) is 10.4 Å². The van der Waals surface area contributed by atoms with Gasteiger partial charge in [-0.25, -0.2) is 4.68 Å². The molecule has 1 aromatic heterocycles. The second kappa shape index (κ2) is 8.13. The van der Waals surface area contributed by atoms with Crippen LogP contribution in [0.15, 0.2) is 42.7 Å². The molecular formula is C17H23ClN4O. The SMILES string of the molecule is Cl.NC1CCCC(CNC(=O)c2cnn(-c3ccccc3)c2)C1. The van der Waals surface area contributed by atoms with Crippen molar-refractivity contribution in [1.29, 1.82) is 0 Å². The molecule has 3 rings (SSSR count). The van der Waals surface area contributed by atoms with Crippen molar-refractivity contribution in [3.8, 4) is 5.69 Å². The molecule has 124 valence electrons. The predicted octanol–water partition coefficient (Wildman–Crippen LogP) is 2.54. The summed E-state index contributed by atoms with van der Waals surface area (Å²) in [4.78, 5) is 12.2. The van der Waals surface area contributed by atoms with E-state index >= 15 is 0 Å². The molecule has 1 aromatic carbocycles. The highest BCUT2D eigenvalue weighted by Crippen LogP contribution is 2.22. The van der Waals surface area contributed by atoms with Gasteiger partial charge in [-0.15, -0.1) is 12.4 Å². The third-order valence-electron chi connectivity index (χ3n) is 4.24. The Morgan fingerprint density at radius 1 is 1.30 bits per heavy atom. The van der Waals surface area contributed by atoms with Crippen LogP contribution in [0.3, 0.4) is 0 Å². The maximum absolute atomic E-state index is 12.2. The van der Waals surface area contributed by atoms with E-state index in [0.717, 1.165) is 31.4 Å². The molecule has 2 atom stereocenters. The topological polar surface area (TPSA) is 72.9 Å². The van der Waals surface area contributed by atoms with E-state index in [9.17, 15) is 4.79 Å². The highest BCUT2D eigenvalue weighted by atomic mass is 35.5. The molecule has 1 heterocycles. The molecule has 2 aromatic rings. The van der Waals surface area contributed by atoms with Gasteiger partial charge in [-0.2, -0.15) is 5.10 Å². The summed E-state index contributed by atoms with van der Waals surface area (Å²) in [5.74, 6) is 0.429. The predicted molar refractivity (Wildman–Crippen MR) is 93.1 cm³/mol. The van der Waals surface area contributed by atoms with Gasteiger partial charge in [0.15, 0.2) is 0 Å². The molecule has 0 saturated heterocycles. The summed E-state index contributed by atoms with van der Waals surface area (Å²) < 4.78 is 1.71. The summed E-state index contributed by atoms with van der Waals surface area (Å²) in [6.45, 7) is 0.697. The largest absolute Gasteiger partial charge is 0.352 e. The zero-order chi connectivity index (χ0) is 15.4. The Labute approximate surface area is 142 Å². The lowest BCUT2D eigenvalue weighted by Crippen LogP contribution is -2.35. The van der Waals surface area contributed by atoms with Crippen LogP contribution < -0.4 is 11.1 Å². The molecule has 1 saturated carbocycles. The molecule has 1 aliphatic carbocycles. The van der Waals surface area contributed by atoms with Gasteiger partial charge in [0.1, 0.15) is 0 Å². The fourth-order valence-electron chi connectivity index (χ4n) is 3.02. The van der Waals surface area contributed by atoms with Crippen LogP contribution in [0.1, 0.15) is 36.0 Å². The zero-order valence-electron chi connectivity index (χ0n) is 13.0. The standard InChI is InChI=1S/C17H22N4O.ClH/c18-15-6-4-5-13(9-15)10-19-17(22)14-11-20-21(12-14)16-7-2-1-3-8-16;/h1-3,7-8,11-13,15H,4-6,9-10,18H2,(H,19,22);1H.